The zero-order chi connectivity index (χ0) is 21.3. The molecule has 1 aromatic carbocycles. The first-order chi connectivity index (χ1) is 14.5. The normalized spacial score (nSPS) is 19.9. The maximum Gasteiger partial charge on any atom is 0.338 e. The van der Waals surface area contributed by atoms with Gasteiger partial charge in [0, 0.05) is 47.5 Å². The van der Waals surface area contributed by atoms with Gasteiger partial charge in [-0.25, -0.2) is 14.2 Å². The number of nitrogens with zero attached hydrogens (tertiary/aromatic N) is 3. The van der Waals surface area contributed by atoms with Crippen LogP contribution >= 0.6 is 22.9 Å². The zero-order valence-electron chi connectivity index (χ0n) is 16.1. The molecule has 1 atom stereocenters. The number of rotatable bonds is 6. The summed E-state index contributed by atoms with van der Waals surface area (Å²) in [6.45, 7) is 3.33. The SMILES string of the molecule is CCOC(=O)C1=C(CN2CC(O)C2)NC(c2nccs2)=N[C@H]1c1ccc(F)cc1Cl. The molecule has 1 fully saturated rings. The van der Waals surface area contributed by atoms with Crippen LogP contribution < -0.4 is 5.32 Å². The Morgan fingerprint density at radius 2 is 2.27 bits per heavy atom. The highest BCUT2D eigenvalue weighted by Crippen LogP contribution is 2.37. The lowest BCUT2D eigenvalue weighted by Crippen LogP contribution is -2.53. The smallest absolute Gasteiger partial charge is 0.338 e. The van der Waals surface area contributed by atoms with E-state index in [1.807, 2.05) is 10.3 Å². The molecular formula is C20H20ClFN4O3S. The van der Waals surface area contributed by atoms with Crippen molar-refractivity contribution in [3.05, 3.63) is 62.5 Å². The van der Waals surface area contributed by atoms with Crippen LogP contribution in [0.5, 0.6) is 0 Å². The largest absolute Gasteiger partial charge is 0.463 e. The highest BCUT2D eigenvalue weighted by atomic mass is 35.5. The summed E-state index contributed by atoms with van der Waals surface area (Å²) in [5.74, 6) is -0.494. The quantitative estimate of drug-likeness (QED) is 0.658. The molecule has 0 bridgehead atoms. The van der Waals surface area contributed by atoms with Crippen LogP contribution in [0, 0.1) is 5.82 Å². The number of carbonyl (C=O) groups is 1. The van der Waals surface area contributed by atoms with Gasteiger partial charge in [-0.2, -0.15) is 0 Å². The van der Waals surface area contributed by atoms with E-state index in [1.165, 1.54) is 29.5 Å². The minimum atomic E-state index is -0.779. The third-order valence-corrected chi connectivity index (χ3v) is 5.94. The Morgan fingerprint density at radius 3 is 2.90 bits per heavy atom. The molecule has 0 spiro atoms. The predicted octanol–water partition coefficient (Wildman–Crippen LogP) is 2.52. The fraction of sp³-hybridized carbons (Fsp3) is 0.350. The van der Waals surface area contributed by atoms with E-state index in [-0.39, 0.29) is 17.7 Å². The second-order valence-electron chi connectivity index (χ2n) is 6.97. The van der Waals surface area contributed by atoms with E-state index in [0.29, 0.717) is 47.3 Å². The molecule has 30 heavy (non-hydrogen) atoms. The molecule has 2 aliphatic heterocycles. The molecule has 2 aliphatic rings. The molecule has 158 valence electrons. The predicted molar refractivity (Wildman–Crippen MR) is 112 cm³/mol. The molecule has 0 saturated carbocycles. The summed E-state index contributed by atoms with van der Waals surface area (Å²) >= 11 is 7.74. The lowest BCUT2D eigenvalue weighted by atomic mass is 9.94. The van der Waals surface area contributed by atoms with Gasteiger partial charge in [0.1, 0.15) is 11.9 Å². The van der Waals surface area contributed by atoms with E-state index in [2.05, 4.69) is 10.3 Å². The number of halogens is 2. The topological polar surface area (TPSA) is 87.0 Å². The van der Waals surface area contributed by atoms with E-state index >= 15 is 0 Å². The summed E-state index contributed by atoms with van der Waals surface area (Å²) < 4.78 is 19.0. The van der Waals surface area contributed by atoms with Gasteiger partial charge in [-0.15, -0.1) is 11.3 Å². The minimum Gasteiger partial charge on any atom is -0.463 e. The fourth-order valence-electron chi connectivity index (χ4n) is 3.46. The summed E-state index contributed by atoms with van der Waals surface area (Å²) in [5.41, 5.74) is 1.41. The van der Waals surface area contributed by atoms with Gasteiger partial charge < -0.3 is 15.2 Å². The lowest BCUT2D eigenvalue weighted by molar-refractivity contribution is -0.139. The number of β-amino-alcohol motifs (C(OH)–C–C–N with tert-alkyl or cyclic N) is 1. The van der Waals surface area contributed by atoms with E-state index in [9.17, 15) is 14.3 Å². The number of benzene rings is 1. The Balaban J connectivity index is 1.81. The molecule has 1 saturated heterocycles. The van der Waals surface area contributed by atoms with Gasteiger partial charge in [0.2, 0.25) is 0 Å². The van der Waals surface area contributed by atoms with Gasteiger partial charge in [0.05, 0.1) is 18.3 Å². The summed E-state index contributed by atoms with van der Waals surface area (Å²) in [7, 11) is 0. The van der Waals surface area contributed by atoms with E-state index in [1.54, 1.807) is 13.1 Å². The van der Waals surface area contributed by atoms with Crippen LogP contribution in [-0.2, 0) is 9.53 Å². The van der Waals surface area contributed by atoms with Crippen molar-refractivity contribution in [2.24, 2.45) is 4.99 Å². The number of aliphatic hydroxyl groups is 1. The lowest BCUT2D eigenvalue weighted by Gasteiger charge is -2.38. The molecule has 7 nitrogen and oxygen atoms in total. The monoisotopic (exact) mass is 450 g/mol. The van der Waals surface area contributed by atoms with Crippen molar-refractivity contribution in [3.63, 3.8) is 0 Å². The molecule has 0 amide bonds. The Hall–Kier alpha value is -2.33. The first-order valence-electron chi connectivity index (χ1n) is 9.46. The van der Waals surface area contributed by atoms with E-state index in [0.717, 1.165) is 0 Å². The molecule has 0 unspecified atom stereocenters. The summed E-state index contributed by atoms with van der Waals surface area (Å²) in [6.07, 6.45) is 1.29. The molecular weight excluding hydrogens is 431 g/mol. The molecule has 0 radical (unpaired) electrons. The van der Waals surface area contributed by atoms with Crippen LogP contribution in [0.25, 0.3) is 0 Å². The highest BCUT2D eigenvalue weighted by molar-refractivity contribution is 7.11. The average Bonchev–Trinajstić information content (AvgIpc) is 3.21. The van der Waals surface area contributed by atoms with Crippen LogP contribution in [0.4, 0.5) is 4.39 Å². The number of amidine groups is 1. The van der Waals surface area contributed by atoms with Gasteiger partial charge in [-0.05, 0) is 19.1 Å². The fourth-order valence-corrected chi connectivity index (χ4v) is 4.32. The van der Waals surface area contributed by atoms with Gasteiger partial charge in [0.25, 0.3) is 0 Å². The van der Waals surface area contributed by atoms with Crippen LogP contribution in [0.1, 0.15) is 23.5 Å². The Bertz CT molecular complexity index is 1010. The average molecular weight is 451 g/mol. The van der Waals surface area contributed by atoms with Gasteiger partial charge in [0.15, 0.2) is 10.8 Å². The molecule has 2 N–H and O–H groups in total. The number of hydrogen-bond donors (Lipinski definition) is 2. The zero-order valence-corrected chi connectivity index (χ0v) is 17.7. The molecule has 2 aromatic rings. The van der Waals surface area contributed by atoms with Crippen molar-refractivity contribution in [2.75, 3.05) is 26.2 Å². The number of likely N-dealkylation sites (tertiary alicyclic amines) is 1. The minimum absolute atomic E-state index is 0.171. The Morgan fingerprint density at radius 1 is 1.47 bits per heavy atom. The molecule has 0 aliphatic carbocycles. The maximum atomic E-state index is 13.7. The number of aliphatic imine (C=N–C) groups is 1. The van der Waals surface area contributed by atoms with Gasteiger partial charge in [-0.1, -0.05) is 17.7 Å². The maximum absolute atomic E-state index is 13.7. The van der Waals surface area contributed by atoms with Crippen molar-refractivity contribution in [3.8, 4) is 0 Å². The van der Waals surface area contributed by atoms with Crippen molar-refractivity contribution in [2.45, 2.75) is 19.1 Å². The number of ether oxygens (including phenoxy) is 1. The van der Waals surface area contributed by atoms with E-state index < -0.39 is 17.8 Å². The van der Waals surface area contributed by atoms with Crippen LogP contribution in [0.2, 0.25) is 5.02 Å². The number of nitrogens with one attached hydrogen (secondary N) is 1. The Kier molecular flexibility index (Phi) is 6.14. The molecule has 1 aromatic heterocycles. The van der Waals surface area contributed by atoms with E-state index in [4.69, 9.17) is 21.3 Å². The number of aromatic nitrogens is 1. The van der Waals surface area contributed by atoms with Gasteiger partial charge in [-0.3, -0.25) is 9.89 Å². The number of aliphatic hydroxyl groups excluding tert-OH is 1. The second-order valence-corrected chi connectivity index (χ2v) is 8.27. The highest BCUT2D eigenvalue weighted by Gasteiger charge is 2.36. The van der Waals surface area contributed by atoms with Crippen LogP contribution in [-0.4, -0.2) is 59.1 Å². The molecule has 10 heteroatoms. The third-order valence-electron chi connectivity index (χ3n) is 4.83. The van der Waals surface area contributed by atoms with Crippen molar-refractivity contribution in [1.29, 1.82) is 0 Å². The summed E-state index contributed by atoms with van der Waals surface area (Å²) in [4.78, 5) is 23.9. The molecule has 4 rings (SSSR count). The number of esters is 1. The van der Waals surface area contributed by atoms with Crippen LogP contribution in [0.15, 0.2) is 46.0 Å². The number of carbonyl (C=O) groups excluding carboxylic acids is 1. The Labute approximate surface area is 181 Å². The van der Waals surface area contributed by atoms with Crippen molar-refractivity contribution < 1.29 is 19.0 Å². The van der Waals surface area contributed by atoms with Crippen LogP contribution in [0.3, 0.4) is 0 Å². The van der Waals surface area contributed by atoms with Gasteiger partial charge >= 0.3 is 5.97 Å². The summed E-state index contributed by atoms with van der Waals surface area (Å²) in [5, 5.41) is 15.5. The first kappa shape index (κ1) is 20.9. The standard InChI is InChI=1S/C20H20ClFN4O3S/c1-2-29-20(28)16-15(10-26-8-12(27)9-26)24-18(19-23-5-6-30-19)25-17(16)13-4-3-11(22)7-14(13)21/h3-7,12,17,27H,2,8-10H2,1H3,(H,24,25)/t17-/m0/s1. The second kappa shape index (κ2) is 8.81. The summed E-state index contributed by atoms with van der Waals surface area (Å²) in [6, 6.07) is 3.24. The number of hydrogen-bond acceptors (Lipinski definition) is 8. The first-order valence-corrected chi connectivity index (χ1v) is 10.7. The van der Waals surface area contributed by atoms with Crippen molar-refractivity contribution in [1.82, 2.24) is 15.2 Å². The van der Waals surface area contributed by atoms with Crippen molar-refractivity contribution >= 4 is 34.7 Å². The molecule has 3 heterocycles. The third kappa shape index (κ3) is 4.24. The number of thiazole rings is 1.